The molecular weight excluding hydrogens is 372 g/mol. The molecule has 0 bridgehead atoms. The summed E-state index contributed by atoms with van der Waals surface area (Å²) in [5.41, 5.74) is 0.978. The number of benzene rings is 2. The van der Waals surface area contributed by atoms with Gasteiger partial charge in [-0.25, -0.2) is 0 Å². The van der Waals surface area contributed by atoms with Gasteiger partial charge in [0.1, 0.15) is 0 Å². The summed E-state index contributed by atoms with van der Waals surface area (Å²) in [6.07, 6.45) is 0. The molecule has 2 aromatic carbocycles. The molecule has 0 aliphatic rings. The fourth-order valence-electron chi connectivity index (χ4n) is 1.47. The van der Waals surface area contributed by atoms with Gasteiger partial charge in [-0.05, 0) is 52.3 Å². The van der Waals surface area contributed by atoms with Crippen molar-refractivity contribution in [1.29, 1.82) is 0 Å². The molecule has 0 aliphatic heterocycles. The Morgan fingerprint density at radius 1 is 1.00 bits per heavy atom. The van der Waals surface area contributed by atoms with E-state index in [-0.39, 0.29) is 5.91 Å². The number of rotatable bonds is 2. The van der Waals surface area contributed by atoms with Crippen LogP contribution in [0.5, 0.6) is 0 Å². The maximum Gasteiger partial charge on any atom is 0.255 e. The van der Waals surface area contributed by atoms with E-state index in [1.807, 2.05) is 0 Å². The highest BCUT2D eigenvalue weighted by molar-refractivity contribution is 9.10. The minimum atomic E-state index is -0.285. The molecule has 0 aromatic heterocycles. The van der Waals surface area contributed by atoms with E-state index in [1.54, 1.807) is 36.4 Å². The first-order valence-corrected chi connectivity index (χ1v) is 7.11. The van der Waals surface area contributed by atoms with Gasteiger partial charge in [0.05, 0.1) is 5.02 Å². The van der Waals surface area contributed by atoms with Crippen LogP contribution < -0.4 is 5.32 Å². The van der Waals surface area contributed by atoms with Crippen molar-refractivity contribution in [2.75, 3.05) is 5.32 Å². The Morgan fingerprint density at radius 3 is 2.21 bits per heavy atom. The lowest BCUT2D eigenvalue weighted by molar-refractivity contribution is 0.102. The number of hydrogen-bond acceptors (Lipinski definition) is 1. The van der Waals surface area contributed by atoms with Crippen LogP contribution in [0.2, 0.25) is 15.1 Å². The standard InChI is InChI=1S/C13H7BrCl3NO/c14-11-2-1-7(3-12(11)17)13(19)18-10-5-8(15)4-9(16)6-10/h1-6H,(H,18,19). The number of hydrogen-bond donors (Lipinski definition) is 1. The smallest absolute Gasteiger partial charge is 0.255 e. The minimum absolute atomic E-state index is 0.285. The van der Waals surface area contributed by atoms with Crippen LogP contribution in [0, 0.1) is 0 Å². The maximum absolute atomic E-state index is 12.0. The van der Waals surface area contributed by atoms with Gasteiger partial charge in [-0.2, -0.15) is 0 Å². The quantitative estimate of drug-likeness (QED) is 0.716. The first-order chi connectivity index (χ1) is 8.95. The summed E-state index contributed by atoms with van der Waals surface area (Å²) in [6.45, 7) is 0. The lowest BCUT2D eigenvalue weighted by atomic mass is 10.2. The average molecular weight is 379 g/mol. The number of carbonyl (C=O) groups is 1. The first kappa shape index (κ1) is 14.7. The number of halogens is 4. The third-order valence-electron chi connectivity index (χ3n) is 2.30. The molecule has 2 nitrogen and oxygen atoms in total. The van der Waals surface area contributed by atoms with E-state index in [4.69, 9.17) is 34.8 Å². The van der Waals surface area contributed by atoms with Crippen molar-refractivity contribution in [3.05, 3.63) is 61.5 Å². The molecular formula is C13H7BrCl3NO. The van der Waals surface area contributed by atoms with Crippen molar-refractivity contribution in [3.63, 3.8) is 0 Å². The molecule has 2 aromatic rings. The Bertz CT molecular complexity index is 626. The number of carbonyl (C=O) groups excluding carboxylic acids is 1. The summed E-state index contributed by atoms with van der Waals surface area (Å²) >= 11 is 20.9. The molecule has 0 atom stereocenters. The van der Waals surface area contributed by atoms with Gasteiger partial charge >= 0.3 is 0 Å². The molecule has 0 heterocycles. The number of amides is 1. The van der Waals surface area contributed by atoms with Crippen LogP contribution in [0.4, 0.5) is 5.69 Å². The number of anilines is 1. The molecule has 98 valence electrons. The van der Waals surface area contributed by atoms with Crippen LogP contribution in [0.25, 0.3) is 0 Å². The lowest BCUT2D eigenvalue weighted by Crippen LogP contribution is -2.11. The molecule has 0 unspecified atom stereocenters. The van der Waals surface area contributed by atoms with Crippen LogP contribution >= 0.6 is 50.7 Å². The normalized spacial score (nSPS) is 10.3. The zero-order chi connectivity index (χ0) is 14.0. The van der Waals surface area contributed by atoms with E-state index in [9.17, 15) is 4.79 Å². The second-order valence-electron chi connectivity index (χ2n) is 3.74. The molecule has 1 N–H and O–H groups in total. The van der Waals surface area contributed by atoms with Crippen LogP contribution in [-0.4, -0.2) is 5.91 Å². The van der Waals surface area contributed by atoms with Gasteiger partial charge in [0, 0.05) is 25.8 Å². The summed E-state index contributed by atoms with van der Waals surface area (Å²) in [5, 5.41) is 4.08. The molecule has 0 aliphatic carbocycles. The molecule has 19 heavy (non-hydrogen) atoms. The Morgan fingerprint density at radius 2 is 1.63 bits per heavy atom. The van der Waals surface area contributed by atoms with Gasteiger partial charge in [-0.3, -0.25) is 4.79 Å². The van der Waals surface area contributed by atoms with E-state index in [2.05, 4.69) is 21.2 Å². The molecule has 0 saturated heterocycles. The highest BCUT2D eigenvalue weighted by Gasteiger charge is 2.09. The molecule has 0 fully saturated rings. The second-order valence-corrected chi connectivity index (χ2v) is 5.88. The van der Waals surface area contributed by atoms with E-state index in [0.717, 1.165) is 4.47 Å². The fraction of sp³-hybridized carbons (Fsp3) is 0. The van der Waals surface area contributed by atoms with Crippen LogP contribution in [0.1, 0.15) is 10.4 Å². The van der Waals surface area contributed by atoms with Gasteiger partial charge in [-0.1, -0.05) is 34.8 Å². The van der Waals surface area contributed by atoms with Gasteiger partial charge < -0.3 is 5.32 Å². The molecule has 0 spiro atoms. The van der Waals surface area contributed by atoms with Crippen molar-refractivity contribution < 1.29 is 4.79 Å². The maximum atomic E-state index is 12.0. The average Bonchev–Trinajstić information content (AvgIpc) is 2.31. The van der Waals surface area contributed by atoms with E-state index in [1.165, 1.54) is 0 Å². The predicted octanol–water partition coefficient (Wildman–Crippen LogP) is 5.66. The van der Waals surface area contributed by atoms with Crippen LogP contribution in [0.15, 0.2) is 40.9 Å². The van der Waals surface area contributed by atoms with Gasteiger partial charge in [0.25, 0.3) is 5.91 Å². The van der Waals surface area contributed by atoms with Crippen molar-refractivity contribution in [1.82, 2.24) is 0 Å². The van der Waals surface area contributed by atoms with Crippen LogP contribution in [0.3, 0.4) is 0 Å². The molecule has 1 amide bonds. The summed E-state index contributed by atoms with van der Waals surface area (Å²) in [5.74, 6) is -0.285. The largest absolute Gasteiger partial charge is 0.322 e. The van der Waals surface area contributed by atoms with Crippen molar-refractivity contribution in [3.8, 4) is 0 Å². The minimum Gasteiger partial charge on any atom is -0.322 e. The Balaban J connectivity index is 2.22. The lowest BCUT2D eigenvalue weighted by Gasteiger charge is -2.07. The Hall–Kier alpha value is -0.740. The second kappa shape index (κ2) is 6.14. The van der Waals surface area contributed by atoms with Crippen molar-refractivity contribution in [2.45, 2.75) is 0 Å². The van der Waals surface area contributed by atoms with Crippen LogP contribution in [-0.2, 0) is 0 Å². The van der Waals surface area contributed by atoms with E-state index in [0.29, 0.717) is 26.3 Å². The van der Waals surface area contributed by atoms with Gasteiger partial charge in [0.15, 0.2) is 0 Å². The molecule has 0 radical (unpaired) electrons. The monoisotopic (exact) mass is 377 g/mol. The zero-order valence-electron chi connectivity index (χ0n) is 9.38. The Labute approximate surface area is 133 Å². The van der Waals surface area contributed by atoms with Crippen molar-refractivity contribution >= 4 is 62.3 Å². The highest BCUT2D eigenvalue weighted by Crippen LogP contribution is 2.25. The molecule has 6 heteroatoms. The van der Waals surface area contributed by atoms with Crippen molar-refractivity contribution in [2.24, 2.45) is 0 Å². The third kappa shape index (κ3) is 3.86. The summed E-state index contributed by atoms with van der Waals surface area (Å²) in [4.78, 5) is 12.0. The van der Waals surface area contributed by atoms with E-state index < -0.39 is 0 Å². The van der Waals surface area contributed by atoms with Gasteiger partial charge in [-0.15, -0.1) is 0 Å². The fourth-order valence-corrected chi connectivity index (χ4v) is 2.42. The summed E-state index contributed by atoms with van der Waals surface area (Å²) in [7, 11) is 0. The topological polar surface area (TPSA) is 29.1 Å². The Kier molecular flexibility index (Phi) is 4.74. The van der Waals surface area contributed by atoms with Gasteiger partial charge in [0.2, 0.25) is 0 Å². The summed E-state index contributed by atoms with van der Waals surface area (Å²) < 4.78 is 0.733. The zero-order valence-corrected chi connectivity index (χ0v) is 13.2. The number of nitrogens with one attached hydrogen (secondary N) is 1. The highest BCUT2D eigenvalue weighted by atomic mass is 79.9. The summed E-state index contributed by atoms with van der Waals surface area (Å²) in [6, 6.07) is 9.78. The first-order valence-electron chi connectivity index (χ1n) is 5.18. The van der Waals surface area contributed by atoms with E-state index >= 15 is 0 Å². The molecule has 0 saturated carbocycles. The SMILES string of the molecule is O=C(Nc1cc(Cl)cc(Cl)c1)c1ccc(Br)c(Cl)c1. The molecule has 2 rings (SSSR count). The third-order valence-corrected chi connectivity index (χ3v) is 3.97. The predicted molar refractivity (Wildman–Crippen MR) is 83.6 cm³/mol.